The fourth-order valence-electron chi connectivity index (χ4n) is 4.16. The van der Waals surface area contributed by atoms with Gasteiger partial charge in [-0.1, -0.05) is 30.3 Å². The predicted octanol–water partition coefficient (Wildman–Crippen LogP) is 2.20. The summed E-state index contributed by atoms with van der Waals surface area (Å²) in [5.41, 5.74) is 2.62. The number of carbonyl (C=O) groups is 2. The molecule has 2 fully saturated rings. The van der Waals surface area contributed by atoms with Crippen molar-refractivity contribution in [1.82, 2.24) is 9.55 Å². The minimum atomic E-state index is -0.303. The maximum absolute atomic E-state index is 12.9. The number of nitrogens with zero attached hydrogens (tertiary/aromatic N) is 4. The van der Waals surface area contributed by atoms with E-state index in [9.17, 15) is 9.59 Å². The third kappa shape index (κ3) is 2.02. The van der Waals surface area contributed by atoms with E-state index >= 15 is 0 Å². The van der Waals surface area contributed by atoms with E-state index in [1.807, 2.05) is 54.1 Å². The highest BCUT2D eigenvalue weighted by molar-refractivity contribution is 6.22. The van der Waals surface area contributed by atoms with E-state index in [1.54, 1.807) is 12.1 Å². The third-order valence-corrected chi connectivity index (χ3v) is 5.46. The normalized spacial score (nSPS) is 22.5. The van der Waals surface area contributed by atoms with Crippen molar-refractivity contribution in [2.75, 3.05) is 22.9 Å². The van der Waals surface area contributed by atoms with Crippen molar-refractivity contribution in [2.45, 2.75) is 0 Å². The molecule has 0 saturated carbocycles. The number of carbonyl (C=O) groups excluding carboxylic acids is 2. The number of aryl methyl sites for hydroxylation is 1. The van der Waals surface area contributed by atoms with E-state index in [0.29, 0.717) is 18.8 Å². The van der Waals surface area contributed by atoms with Crippen molar-refractivity contribution in [1.29, 1.82) is 0 Å². The predicted molar refractivity (Wildman–Crippen MR) is 98.8 cm³/mol. The first-order valence-electron chi connectivity index (χ1n) is 8.74. The highest BCUT2D eigenvalue weighted by Crippen LogP contribution is 2.38. The Hall–Kier alpha value is -3.15. The van der Waals surface area contributed by atoms with Crippen LogP contribution in [0.15, 0.2) is 54.6 Å². The van der Waals surface area contributed by atoms with Crippen LogP contribution in [0.4, 0.5) is 11.6 Å². The number of aromatic nitrogens is 2. The Labute approximate surface area is 150 Å². The maximum atomic E-state index is 12.9. The molecule has 2 atom stereocenters. The monoisotopic (exact) mass is 346 g/mol. The number of hydrogen-bond donors (Lipinski definition) is 0. The molecule has 2 aliphatic rings. The quantitative estimate of drug-likeness (QED) is 0.668. The lowest BCUT2D eigenvalue weighted by molar-refractivity contribution is -0.122. The molecule has 0 bridgehead atoms. The van der Waals surface area contributed by atoms with Crippen LogP contribution in [0.25, 0.3) is 11.0 Å². The first kappa shape index (κ1) is 15.1. The van der Waals surface area contributed by atoms with E-state index in [-0.39, 0.29) is 23.7 Å². The number of para-hydroxylation sites is 3. The van der Waals surface area contributed by atoms with Crippen LogP contribution in [0.3, 0.4) is 0 Å². The number of benzene rings is 2. The second-order valence-electron chi connectivity index (χ2n) is 6.92. The number of anilines is 2. The highest BCUT2D eigenvalue weighted by atomic mass is 16.2. The molecule has 2 unspecified atom stereocenters. The number of fused-ring (bicyclic) bond motifs is 2. The van der Waals surface area contributed by atoms with Crippen LogP contribution in [-0.4, -0.2) is 34.5 Å². The van der Waals surface area contributed by atoms with Gasteiger partial charge in [0.25, 0.3) is 0 Å². The zero-order chi connectivity index (χ0) is 17.8. The fraction of sp³-hybridized carbons (Fsp3) is 0.250. The first-order chi connectivity index (χ1) is 12.6. The summed E-state index contributed by atoms with van der Waals surface area (Å²) < 4.78 is 2.03. The molecule has 3 heterocycles. The van der Waals surface area contributed by atoms with Gasteiger partial charge in [-0.25, -0.2) is 9.88 Å². The van der Waals surface area contributed by atoms with Crippen LogP contribution in [0.1, 0.15) is 0 Å². The molecule has 0 N–H and O–H groups in total. The van der Waals surface area contributed by atoms with Gasteiger partial charge in [0.15, 0.2) is 0 Å². The SMILES string of the molecule is Cn1c(N2CC3C(=O)N(c4ccccc4)C(=O)C3C2)nc2ccccc21. The van der Waals surface area contributed by atoms with Gasteiger partial charge >= 0.3 is 0 Å². The lowest BCUT2D eigenvalue weighted by Gasteiger charge is -2.21. The van der Waals surface area contributed by atoms with Gasteiger partial charge < -0.3 is 9.47 Å². The molecule has 1 aromatic heterocycles. The smallest absolute Gasteiger partial charge is 0.239 e. The van der Waals surface area contributed by atoms with E-state index in [0.717, 1.165) is 17.0 Å². The van der Waals surface area contributed by atoms with E-state index in [4.69, 9.17) is 4.98 Å². The van der Waals surface area contributed by atoms with Crippen LogP contribution >= 0.6 is 0 Å². The number of hydrogen-bond acceptors (Lipinski definition) is 4. The molecule has 2 aromatic carbocycles. The third-order valence-electron chi connectivity index (χ3n) is 5.46. The van der Waals surface area contributed by atoms with Crippen LogP contribution in [0, 0.1) is 11.8 Å². The van der Waals surface area contributed by atoms with Crippen LogP contribution in [0.5, 0.6) is 0 Å². The molecule has 2 amide bonds. The largest absolute Gasteiger partial charge is 0.341 e. The molecule has 6 nitrogen and oxygen atoms in total. The molecule has 0 spiro atoms. The van der Waals surface area contributed by atoms with Gasteiger partial charge in [0.2, 0.25) is 17.8 Å². The summed E-state index contributed by atoms with van der Waals surface area (Å²) in [7, 11) is 1.97. The Balaban J connectivity index is 1.46. The minimum Gasteiger partial charge on any atom is -0.341 e. The number of imidazole rings is 1. The van der Waals surface area contributed by atoms with Gasteiger partial charge in [-0.3, -0.25) is 9.59 Å². The Morgan fingerprint density at radius 2 is 1.50 bits per heavy atom. The molecular formula is C20H18N4O2. The molecule has 130 valence electrons. The standard InChI is InChI=1S/C20H18N4O2/c1-22-17-10-6-5-9-16(17)21-20(22)23-11-14-15(12-23)19(26)24(18(14)25)13-7-3-2-4-8-13/h2-10,14-15H,11-12H2,1H3. The molecule has 3 aromatic rings. The number of rotatable bonds is 2. The molecule has 2 aliphatic heterocycles. The number of imide groups is 1. The Bertz CT molecular complexity index is 1000. The zero-order valence-corrected chi connectivity index (χ0v) is 14.4. The topological polar surface area (TPSA) is 58.4 Å². The van der Waals surface area contributed by atoms with Crippen molar-refractivity contribution >= 4 is 34.5 Å². The first-order valence-corrected chi connectivity index (χ1v) is 8.74. The van der Waals surface area contributed by atoms with Crippen molar-refractivity contribution in [3.63, 3.8) is 0 Å². The molecular weight excluding hydrogens is 328 g/mol. The second-order valence-corrected chi connectivity index (χ2v) is 6.92. The molecule has 2 saturated heterocycles. The molecule has 0 radical (unpaired) electrons. The summed E-state index contributed by atoms with van der Waals surface area (Å²) in [6.45, 7) is 1.05. The Kier molecular flexibility index (Phi) is 3.16. The van der Waals surface area contributed by atoms with Crippen molar-refractivity contribution in [3.8, 4) is 0 Å². The summed E-state index contributed by atoms with van der Waals surface area (Å²) >= 11 is 0. The van der Waals surface area contributed by atoms with Crippen molar-refractivity contribution < 1.29 is 9.59 Å². The fourth-order valence-corrected chi connectivity index (χ4v) is 4.16. The van der Waals surface area contributed by atoms with Gasteiger partial charge in [-0.05, 0) is 24.3 Å². The lowest BCUT2D eigenvalue weighted by Crippen LogP contribution is -2.36. The summed E-state index contributed by atoms with van der Waals surface area (Å²) in [6.07, 6.45) is 0. The Morgan fingerprint density at radius 1 is 0.885 bits per heavy atom. The van der Waals surface area contributed by atoms with Crippen LogP contribution in [-0.2, 0) is 16.6 Å². The maximum Gasteiger partial charge on any atom is 0.239 e. The molecule has 0 aliphatic carbocycles. The minimum absolute atomic E-state index is 0.104. The molecule has 26 heavy (non-hydrogen) atoms. The molecule has 6 heteroatoms. The van der Waals surface area contributed by atoms with Crippen LogP contribution < -0.4 is 9.80 Å². The molecule has 5 rings (SSSR count). The average molecular weight is 346 g/mol. The van der Waals surface area contributed by atoms with Gasteiger partial charge in [0.1, 0.15) is 0 Å². The van der Waals surface area contributed by atoms with Gasteiger partial charge in [0.05, 0.1) is 28.6 Å². The van der Waals surface area contributed by atoms with E-state index < -0.39 is 0 Å². The summed E-state index contributed by atoms with van der Waals surface area (Å²) in [5.74, 6) is -0.00238. The van der Waals surface area contributed by atoms with E-state index in [1.165, 1.54) is 4.90 Å². The zero-order valence-electron chi connectivity index (χ0n) is 14.4. The van der Waals surface area contributed by atoms with Gasteiger partial charge in [-0.2, -0.15) is 0 Å². The van der Waals surface area contributed by atoms with Crippen molar-refractivity contribution in [3.05, 3.63) is 54.6 Å². The summed E-state index contributed by atoms with van der Waals surface area (Å²) in [4.78, 5) is 33.9. The second kappa shape index (κ2) is 5.42. The van der Waals surface area contributed by atoms with Gasteiger partial charge in [-0.15, -0.1) is 0 Å². The highest BCUT2D eigenvalue weighted by Gasteiger charge is 2.53. The lowest BCUT2D eigenvalue weighted by atomic mass is 10.00. The summed E-state index contributed by atoms with van der Waals surface area (Å²) in [6, 6.07) is 17.1. The Morgan fingerprint density at radius 3 is 2.15 bits per heavy atom. The van der Waals surface area contributed by atoms with Crippen molar-refractivity contribution in [2.24, 2.45) is 18.9 Å². The van der Waals surface area contributed by atoms with Crippen LogP contribution in [0.2, 0.25) is 0 Å². The average Bonchev–Trinajstić information content (AvgIpc) is 3.30. The summed E-state index contributed by atoms with van der Waals surface area (Å²) in [5, 5.41) is 0. The number of amides is 2. The van der Waals surface area contributed by atoms with E-state index in [2.05, 4.69) is 4.90 Å². The van der Waals surface area contributed by atoms with Gasteiger partial charge in [0, 0.05) is 20.1 Å².